The lowest BCUT2D eigenvalue weighted by Crippen LogP contribution is -2.09. The molecule has 0 radical (unpaired) electrons. The van der Waals surface area contributed by atoms with Crippen LogP contribution >= 0.6 is 12.4 Å². The van der Waals surface area contributed by atoms with Gasteiger partial charge in [-0.05, 0) is 12.8 Å². The molecular weight excluding hydrogens is 200 g/mol. The van der Waals surface area contributed by atoms with Gasteiger partial charge in [-0.3, -0.25) is 4.79 Å². The minimum absolute atomic E-state index is 0. The fraction of sp³-hybridized carbons (Fsp3) is 0.909. The first-order valence-corrected chi connectivity index (χ1v) is 5.36. The van der Waals surface area contributed by atoms with Crippen molar-refractivity contribution in [1.82, 2.24) is 0 Å². The molecule has 0 fully saturated rings. The van der Waals surface area contributed by atoms with E-state index < -0.39 is 0 Å². The molecular formula is C11H23ClO2. The number of carbonyl (C=O) groups excluding carboxylic acids is 1. The summed E-state index contributed by atoms with van der Waals surface area (Å²) in [5.41, 5.74) is 0. The average Bonchev–Trinajstić information content (AvgIpc) is 2.05. The van der Waals surface area contributed by atoms with Crippen molar-refractivity contribution in [1.29, 1.82) is 0 Å². The third kappa shape index (κ3) is 9.85. The Morgan fingerprint density at radius 1 is 1.29 bits per heavy atom. The van der Waals surface area contributed by atoms with Crippen molar-refractivity contribution in [3.05, 3.63) is 0 Å². The SMILES string of the molecule is CCCCCC(C)CC(=O)OCC.Cl. The Labute approximate surface area is 93.8 Å². The maximum absolute atomic E-state index is 11.1. The molecule has 0 amide bonds. The van der Waals surface area contributed by atoms with E-state index in [9.17, 15) is 4.79 Å². The van der Waals surface area contributed by atoms with Crippen LogP contribution in [0.25, 0.3) is 0 Å². The number of ether oxygens (including phenoxy) is 1. The van der Waals surface area contributed by atoms with Gasteiger partial charge >= 0.3 is 5.97 Å². The first-order valence-electron chi connectivity index (χ1n) is 5.36. The number of esters is 1. The van der Waals surface area contributed by atoms with Gasteiger partial charge in [0.2, 0.25) is 0 Å². The molecule has 2 nitrogen and oxygen atoms in total. The summed E-state index contributed by atoms with van der Waals surface area (Å²) < 4.78 is 4.88. The van der Waals surface area contributed by atoms with Crippen LogP contribution < -0.4 is 0 Å². The number of unbranched alkanes of at least 4 members (excludes halogenated alkanes) is 2. The molecule has 3 heteroatoms. The zero-order valence-electron chi connectivity index (χ0n) is 9.54. The smallest absolute Gasteiger partial charge is 0.306 e. The summed E-state index contributed by atoms with van der Waals surface area (Å²) in [6, 6.07) is 0. The normalized spacial score (nSPS) is 11.6. The Kier molecular flexibility index (Phi) is 12.5. The molecule has 0 N–H and O–H groups in total. The van der Waals surface area contributed by atoms with Gasteiger partial charge in [-0.15, -0.1) is 12.4 Å². The fourth-order valence-corrected chi connectivity index (χ4v) is 1.35. The zero-order valence-corrected chi connectivity index (χ0v) is 10.4. The molecule has 0 aromatic carbocycles. The van der Waals surface area contributed by atoms with E-state index in [2.05, 4.69) is 13.8 Å². The van der Waals surface area contributed by atoms with Crippen LogP contribution in [0.1, 0.15) is 52.9 Å². The van der Waals surface area contributed by atoms with Crippen molar-refractivity contribution in [2.75, 3.05) is 6.61 Å². The number of halogens is 1. The second-order valence-electron chi connectivity index (χ2n) is 3.61. The van der Waals surface area contributed by atoms with Crippen LogP contribution in [0.5, 0.6) is 0 Å². The molecule has 0 aromatic heterocycles. The minimum atomic E-state index is -0.0495. The van der Waals surface area contributed by atoms with Crippen LogP contribution in [0.2, 0.25) is 0 Å². The van der Waals surface area contributed by atoms with Crippen LogP contribution in [0.15, 0.2) is 0 Å². The summed E-state index contributed by atoms with van der Waals surface area (Å²) in [7, 11) is 0. The van der Waals surface area contributed by atoms with Gasteiger partial charge in [0.05, 0.1) is 6.61 Å². The third-order valence-electron chi connectivity index (χ3n) is 2.12. The highest BCUT2D eigenvalue weighted by Crippen LogP contribution is 2.13. The number of hydrogen-bond donors (Lipinski definition) is 0. The van der Waals surface area contributed by atoms with Crippen LogP contribution in [-0.2, 0) is 9.53 Å². The number of rotatable bonds is 7. The summed E-state index contributed by atoms with van der Waals surface area (Å²) in [5, 5.41) is 0. The van der Waals surface area contributed by atoms with Crippen LogP contribution in [0.3, 0.4) is 0 Å². The van der Waals surface area contributed by atoms with E-state index in [1.54, 1.807) is 0 Å². The van der Waals surface area contributed by atoms with Gasteiger partial charge < -0.3 is 4.74 Å². The Hall–Kier alpha value is -0.240. The monoisotopic (exact) mass is 222 g/mol. The molecule has 1 unspecified atom stereocenters. The van der Waals surface area contributed by atoms with Crippen LogP contribution in [0, 0.1) is 5.92 Å². The van der Waals surface area contributed by atoms with Gasteiger partial charge in [-0.25, -0.2) is 0 Å². The van der Waals surface area contributed by atoms with E-state index in [0.29, 0.717) is 18.9 Å². The second kappa shape index (κ2) is 10.8. The third-order valence-corrected chi connectivity index (χ3v) is 2.12. The molecule has 0 aliphatic carbocycles. The molecule has 86 valence electrons. The topological polar surface area (TPSA) is 26.3 Å². The predicted molar refractivity (Wildman–Crippen MR) is 61.8 cm³/mol. The largest absolute Gasteiger partial charge is 0.466 e. The standard InChI is InChI=1S/C11H22O2.ClH/c1-4-6-7-8-10(3)9-11(12)13-5-2;/h10H,4-9H2,1-3H3;1H. The highest BCUT2D eigenvalue weighted by atomic mass is 35.5. The van der Waals surface area contributed by atoms with Gasteiger partial charge in [0.25, 0.3) is 0 Å². The van der Waals surface area contributed by atoms with Gasteiger partial charge in [0, 0.05) is 6.42 Å². The highest BCUT2D eigenvalue weighted by molar-refractivity contribution is 5.85. The summed E-state index contributed by atoms with van der Waals surface area (Å²) >= 11 is 0. The van der Waals surface area contributed by atoms with Crippen LogP contribution in [-0.4, -0.2) is 12.6 Å². The lowest BCUT2D eigenvalue weighted by atomic mass is 10.0. The predicted octanol–water partition coefficient (Wildman–Crippen LogP) is 3.58. The van der Waals surface area contributed by atoms with Crippen molar-refractivity contribution >= 4 is 18.4 Å². The van der Waals surface area contributed by atoms with E-state index in [4.69, 9.17) is 4.74 Å². The van der Waals surface area contributed by atoms with E-state index in [0.717, 1.165) is 6.42 Å². The van der Waals surface area contributed by atoms with Gasteiger partial charge in [0.15, 0.2) is 0 Å². The summed E-state index contributed by atoms with van der Waals surface area (Å²) in [6.07, 6.45) is 5.47. The lowest BCUT2D eigenvalue weighted by molar-refractivity contribution is -0.144. The van der Waals surface area contributed by atoms with Crippen LogP contribution in [0.4, 0.5) is 0 Å². The molecule has 0 aliphatic rings. The molecule has 0 aliphatic heterocycles. The van der Waals surface area contributed by atoms with Gasteiger partial charge in [0.1, 0.15) is 0 Å². The van der Waals surface area contributed by atoms with Crippen molar-refractivity contribution in [3.8, 4) is 0 Å². The van der Waals surface area contributed by atoms with Gasteiger partial charge in [-0.2, -0.15) is 0 Å². The van der Waals surface area contributed by atoms with Crippen molar-refractivity contribution in [2.45, 2.75) is 52.9 Å². The van der Waals surface area contributed by atoms with E-state index in [-0.39, 0.29) is 18.4 Å². The maximum atomic E-state index is 11.1. The molecule has 0 saturated heterocycles. The maximum Gasteiger partial charge on any atom is 0.306 e. The molecule has 0 heterocycles. The molecule has 0 bridgehead atoms. The molecule has 0 saturated carbocycles. The lowest BCUT2D eigenvalue weighted by Gasteiger charge is -2.09. The number of carbonyl (C=O) groups is 1. The summed E-state index contributed by atoms with van der Waals surface area (Å²) in [6.45, 7) is 6.66. The first kappa shape index (κ1) is 16.2. The second-order valence-corrected chi connectivity index (χ2v) is 3.61. The van der Waals surface area contributed by atoms with Crippen molar-refractivity contribution in [2.24, 2.45) is 5.92 Å². The fourth-order valence-electron chi connectivity index (χ4n) is 1.35. The Bertz CT molecular complexity index is 137. The Morgan fingerprint density at radius 2 is 1.93 bits per heavy atom. The molecule has 0 aromatic rings. The average molecular weight is 223 g/mol. The van der Waals surface area contributed by atoms with E-state index >= 15 is 0 Å². The molecule has 14 heavy (non-hydrogen) atoms. The molecule has 1 atom stereocenters. The Morgan fingerprint density at radius 3 is 2.43 bits per heavy atom. The quantitative estimate of drug-likeness (QED) is 0.486. The number of hydrogen-bond acceptors (Lipinski definition) is 2. The zero-order chi connectivity index (χ0) is 10.1. The highest BCUT2D eigenvalue weighted by Gasteiger charge is 2.08. The minimum Gasteiger partial charge on any atom is -0.466 e. The summed E-state index contributed by atoms with van der Waals surface area (Å²) in [5.74, 6) is 0.428. The Balaban J connectivity index is 0. The van der Waals surface area contributed by atoms with E-state index in [1.165, 1.54) is 19.3 Å². The molecule has 0 rings (SSSR count). The van der Waals surface area contributed by atoms with E-state index in [1.807, 2.05) is 6.92 Å². The van der Waals surface area contributed by atoms with Crippen molar-refractivity contribution < 1.29 is 9.53 Å². The molecule has 0 spiro atoms. The summed E-state index contributed by atoms with van der Waals surface area (Å²) in [4.78, 5) is 11.1. The van der Waals surface area contributed by atoms with Gasteiger partial charge in [-0.1, -0.05) is 39.5 Å². The van der Waals surface area contributed by atoms with Crippen molar-refractivity contribution in [3.63, 3.8) is 0 Å². The first-order chi connectivity index (χ1) is 6.20.